The van der Waals surface area contributed by atoms with Crippen LogP contribution in [0.2, 0.25) is 0 Å². The molecule has 0 radical (unpaired) electrons. The summed E-state index contributed by atoms with van der Waals surface area (Å²) in [6.45, 7) is 5.49. The highest BCUT2D eigenvalue weighted by atomic mass is 32.2. The van der Waals surface area contributed by atoms with Crippen LogP contribution in [0.25, 0.3) is 0 Å². The van der Waals surface area contributed by atoms with Crippen molar-refractivity contribution < 1.29 is 31.2 Å². The van der Waals surface area contributed by atoms with Crippen LogP contribution >= 0.6 is 7.37 Å². The summed E-state index contributed by atoms with van der Waals surface area (Å²) in [7, 11) is -7.72. The number of carbonyl (C=O) groups is 1. The van der Waals surface area contributed by atoms with Crippen LogP contribution in [0.5, 0.6) is 0 Å². The van der Waals surface area contributed by atoms with E-state index in [9.17, 15) is 17.8 Å². The molecule has 2 rings (SSSR count). The maximum Gasteiger partial charge on any atom is 0.309 e. The van der Waals surface area contributed by atoms with Crippen LogP contribution in [0.1, 0.15) is 31.4 Å². The molecule has 0 amide bonds. The Balaban J connectivity index is 2.14. The van der Waals surface area contributed by atoms with Crippen molar-refractivity contribution in [3.8, 4) is 0 Å². The zero-order valence-electron chi connectivity index (χ0n) is 18.7. The second-order valence-corrected chi connectivity index (χ2v) is 11.5. The van der Waals surface area contributed by atoms with Crippen LogP contribution in [0.4, 0.5) is 0 Å². The van der Waals surface area contributed by atoms with Gasteiger partial charge in [0, 0.05) is 6.16 Å². The number of benzene rings is 2. The molecule has 9 heteroatoms. The monoisotopic (exact) mass is 482 g/mol. The zero-order chi connectivity index (χ0) is 23.6. The van der Waals surface area contributed by atoms with Crippen LogP contribution in [-0.4, -0.2) is 40.1 Å². The number of esters is 1. The van der Waals surface area contributed by atoms with E-state index in [1.807, 2.05) is 37.3 Å². The van der Waals surface area contributed by atoms with E-state index in [4.69, 9.17) is 13.4 Å². The molecule has 0 heterocycles. The first kappa shape index (κ1) is 26.3. The molecule has 0 saturated heterocycles. The van der Waals surface area contributed by atoms with Gasteiger partial charge in [-0.2, -0.15) is 8.42 Å². The summed E-state index contributed by atoms with van der Waals surface area (Å²) in [5.41, 5.74) is 1.94. The van der Waals surface area contributed by atoms with Crippen LogP contribution in [-0.2, 0) is 39.3 Å². The van der Waals surface area contributed by atoms with E-state index < -0.39 is 35.7 Å². The van der Waals surface area contributed by atoms with E-state index in [0.717, 1.165) is 11.1 Å². The third kappa shape index (κ3) is 8.17. The van der Waals surface area contributed by atoms with Gasteiger partial charge in [-0.05, 0) is 51.3 Å². The zero-order valence-corrected chi connectivity index (χ0v) is 20.4. The van der Waals surface area contributed by atoms with Gasteiger partial charge < -0.3 is 9.26 Å². The Morgan fingerprint density at radius 3 is 2.25 bits per heavy atom. The van der Waals surface area contributed by atoms with Crippen LogP contribution < -0.4 is 0 Å². The quantitative estimate of drug-likeness (QED) is 0.230. The molecule has 0 fully saturated rings. The lowest BCUT2D eigenvalue weighted by Crippen LogP contribution is -2.24. The smallest absolute Gasteiger partial charge is 0.309 e. The van der Waals surface area contributed by atoms with Crippen LogP contribution in [0.3, 0.4) is 0 Å². The number of rotatable bonds is 13. The van der Waals surface area contributed by atoms with Crippen molar-refractivity contribution in [3.63, 3.8) is 0 Å². The third-order valence-electron chi connectivity index (χ3n) is 4.82. The predicted molar refractivity (Wildman–Crippen MR) is 123 cm³/mol. The van der Waals surface area contributed by atoms with Gasteiger partial charge in [0.15, 0.2) is 0 Å². The molecule has 0 aliphatic heterocycles. The Morgan fingerprint density at radius 2 is 1.66 bits per heavy atom. The second-order valence-electron chi connectivity index (χ2n) is 7.40. The molecule has 7 nitrogen and oxygen atoms in total. The summed E-state index contributed by atoms with van der Waals surface area (Å²) in [4.78, 5) is 12.5. The lowest BCUT2D eigenvalue weighted by atomic mass is 10.0. The van der Waals surface area contributed by atoms with Crippen molar-refractivity contribution in [2.45, 2.75) is 38.5 Å². The molecule has 32 heavy (non-hydrogen) atoms. The minimum Gasteiger partial charge on any atom is -0.466 e. The highest BCUT2D eigenvalue weighted by Crippen LogP contribution is 2.50. The van der Waals surface area contributed by atoms with Gasteiger partial charge in [-0.15, -0.1) is 0 Å². The lowest BCUT2D eigenvalue weighted by molar-refractivity contribution is -0.147. The molecule has 0 aliphatic rings. The highest BCUT2D eigenvalue weighted by Gasteiger charge is 2.34. The number of hydrogen-bond acceptors (Lipinski definition) is 7. The topological polar surface area (TPSA) is 96.0 Å². The predicted octanol–water partition coefficient (Wildman–Crippen LogP) is 4.78. The van der Waals surface area contributed by atoms with E-state index in [1.54, 1.807) is 26.0 Å². The van der Waals surface area contributed by atoms with Gasteiger partial charge in [0.25, 0.3) is 10.1 Å². The minimum absolute atomic E-state index is 0.0304. The fourth-order valence-electron chi connectivity index (χ4n) is 3.17. The largest absolute Gasteiger partial charge is 0.466 e. The maximum atomic E-state index is 13.5. The van der Waals surface area contributed by atoms with Crippen molar-refractivity contribution >= 4 is 23.5 Å². The van der Waals surface area contributed by atoms with Gasteiger partial charge in [0.1, 0.15) is 6.35 Å². The molecule has 0 bridgehead atoms. The Morgan fingerprint density at radius 1 is 1.00 bits per heavy atom. The molecule has 2 aromatic rings. The standard InChI is InChI=1S/C23H31O7PS/c1-4-28-23(24)21(14-13-20-9-7-6-8-10-20)17-31(25,29-5-2)18-30-32(26,27)22-15-11-19(3)12-16-22/h6-12,15-16,21H,4-5,13-14,17-18H2,1-3H3. The molecule has 176 valence electrons. The summed E-state index contributed by atoms with van der Waals surface area (Å²) in [6, 6.07) is 15.8. The van der Waals surface area contributed by atoms with Crippen molar-refractivity contribution in [1.82, 2.24) is 0 Å². The molecule has 0 spiro atoms. The van der Waals surface area contributed by atoms with Crippen LogP contribution in [0, 0.1) is 12.8 Å². The third-order valence-corrected chi connectivity index (χ3v) is 8.52. The Labute approximate surface area is 190 Å². The van der Waals surface area contributed by atoms with E-state index in [1.165, 1.54) is 12.1 Å². The lowest BCUT2D eigenvalue weighted by Gasteiger charge is -2.23. The molecule has 0 saturated carbocycles. The SMILES string of the molecule is CCOC(=O)C(CCc1ccccc1)CP(=O)(COS(=O)(=O)c1ccc(C)cc1)OCC. The molecular weight excluding hydrogens is 451 g/mol. The molecule has 2 aromatic carbocycles. The average Bonchev–Trinajstić information content (AvgIpc) is 2.77. The summed E-state index contributed by atoms with van der Waals surface area (Å²) in [5.74, 6) is -1.19. The second kappa shape index (κ2) is 12.3. The van der Waals surface area contributed by atoms with Crippen molar-refractivity contribution in [3.05, 3.63) is 65.7 Å². The number of hydrogen-bond donors (Lipinski definition) is 0. The van der Waals surface area contributed by atoms with Gasteiger partial charge >= 0.3 is 5.97 Å². The van der Waals surface area contributed by atoms with E-state index in [0.29, 0.717) is 12.8 Å². The number of aryl methyl sites for hydroxylation is 2. The first-order valence-corrected chi connectivity index (χ1v) is 14.0. The normalized spacial score (nSPS) is 14.5. The summed E-state index contributed by atoms with van der Waals surface area (Å²) in [6.07, 6.45) is 0.178. The molecule has 0 aromatic heterocycles. The summed E-state index contributed by atoms with van der Waals surface area (Å²) < 4.78 is 54.3. The van der Waals surface area contributed by atoms with Gasteiger partial charge in [0.2, 0.25) is 7.37 Å². The fraction of sp³-hybridized carbons (Fsp3) is 0.435. The van der Waals surface area contributed by atoms with Crippen molar-refractivity contribution in [1.29, 1.82) is 0 Å². The summed E-state index contributed by atoms with van der Waals surface area (Å²) in [5, 5.41) is 0. The van der Waals surface area contributed by atoms with Crippen molar-refractivity contribution in [2.24, 2.45) is 5.92 Å². The Bertz CT molecular complexity index is 1000. The van der Waals surface area contributed by atoms with E-state index in [2.05, 4.69) is 0 Å². The number of ether oxygens (including phenoxy) is 1. The maximum absolute atomic E-state index is 13.5. The molecule has 0 N–H and O–H groups in total. The van der Waals surface area contributed by atoms with E-state index >= 15 is 0 Å². The van der Waals surface area contributed by atoms with Gasteiger partial charge in [-0.1, -0.05) is 48.0 Å². The summed E-state index contributed by atoms with van der Waals surface area (Å²) >= 11 is 0. The average molecular weight is 483 g/mol. The van der Waals surface area contributed by atoms with Gasteiger partial charge in [0.05, 0.1) is 24.0 Å². The molecular formula is C23H31O7PS. The Hall–Kier alpha value is -1.99. The first-order chi connectivity index (χ1) is 15.2. The highest BCUT2D eigenvalue weighted by molar-refractivity contribution is 7.87. The molecule has 0 aliphatic carbocycles. The minimum atomic E-state index is -4.12. The van der Waals surface area contributed by atoms with Crippen LogP contribution in [0.15, 0.2) is 59.5 Å². The molecule has 2 unspecified atom stereocenters. The van der Waals surface area contributed by atoms with Gasteiger partial charge in [-0.3, -0.25) is 13.5 Å². The van der Waals surface area contributed by atoms with Gasteiger partial charge in [-0.25, -0.2) is 0 Å². The first-order valence-electron chi connectivity index (χ1n) is 10.6. The van der Waals surface area contributed by atoms with Crippen molar-refractivity contribution in [2.75, 3.05) is 25.7 Å². The Kier molecular flexibility index (Phi) is 10.1. The fourth-order valence-corrected chi connectivity index (χ4v) is 6.73. The van der Waals surface area contributed by atoms with E-state index in [-0.39, 0.29) is 24.3 Å². The number of carbonyl (C=O) groups excluding carboxylic acids is 1. The molecule has 2 atom stereocenters.